The Morgan fingerprint density at radius 1 is 1.40 bits per heavy atom. The molecule has 2 aromatic rings. The zero-order valence-corrected chi connectivity index (χ0v) is 13.2. The van der Waals surface area contributed by atoms with Gasteiger partial charge < -0.3 is 10.6 Å². The van der Waals surface area contributed by atoms with E-state index in [2.05, 4.69) is 25.8 Å². The highest BCUT2D eigenvalue weighted by Crippen LogP contribution is 2.25. The summed E-state index contributed by atoms with van der Waals surface area (Å²) in [6.45, 7) is 6.42. The van der Waals surface area contributed by atoms with Crippen molar-refractivity contribution in [1.29, 1.82) is 0 Å². The number of anilines is 1. The number of amides is 1. The third kappa shape index (κ3) is 3.10. The van der Waals surface area contributed by atoms with Gasteiger partial charge in [0.05, 0.1) is 10.2 Å². The minimum atomic E-state index is 0.0482. The molecule has 108 valence electrons. The van der Waals surface area contributed by atoms with Gasteiger partial charge in [0.1, 0.15) is 0 Å². The van der Waals surface area contributed by atoms with E-state index in [1.54, 1.807) is 0 Å². The Kier molecular flexibility index (Phi) is 4.28. The smallest absolute Gasteiger partial charge is 0.253 e. The fraction of sp³-hybridized carbons (Fsp3) is 0.467. The van der Waals surface area contributed by atoms with E-state index in [4.69, 9.17) is 5.73 Å². The van der Waals surface area contributed by atoms with Crippen LogP contribution in [0.5, 0.6) is 0 Å². The van der Waals surface area contributed by atoms with Crippen LogP contribution in [0.15, 0.2) is 18.2 Å². The number of hydrogen-bond donors (Lipinski definition) is 1. The molecule has 0 bridgehead atoms. The number of carbonyl (C=O) groups excluding carboxylic acids is 1. The van der Waals surface area contributed by atoms with Gasteiger partial charge >= 0.3 is 0 Å². The van der Waals surface area contributed by atoms with Crippen molar-refractivity contribution in [2.45, 2.75) is 33.2 Å². The zero-order chi connectivity index (χ0) is 14.9. The summed E-state index contributed by atoms with van der Waals surface area (Å²) in [6, 6.07) is 5.79. The second-order valence-electron chi connectivity index (χ2n) is 5.63. The van der Waals surface area contributed by atoms with Crippen molar-refractivity contribution in [1.82, 2.24) is 9.88 Å². The largest absolute Gasteiger partial charge is 0.375 e. The molecule has 20 heavy (non-hydrogen) atoms. The lowest BCUT2D eigenvalue weighted by Gasteiger charge is -2.26. The second-order valence-corrected chi connectivity index (χ2v) is 6.69. The quantitative estimate of drug-likeness (QED) is 0.939. The minimum Gasteiger partial charge on any atom is -0.375 e. The lowest BCUT2D eigenvalue weighted by Crippen LogP contribution is -2.35. The van der Waals surface area contributed by atoms with Crippen molar-refractivity contribution in [3.63, 3.8) is 0 Å². The molecule has 0 radical (unpaired) electrons. The maximum Gasteiger partial charge on any atom is 0.253 e. The van der Waals surface area contributed by atoms with Crippen molar-refractivity contribution in [3.05, 3.63) is 23.8 Å². The molecule has 1 aromatic heterocycles. The Bertz CT molecular complexity index is 621. The Morgan fingerprint density at radius 3 is 2.75 bits per heavy atom. The van der Waals surface area contributed by atoms with Gasteiger partial charge in [-0.1, -0.05) is 25.2 Å². The Morgan fingerprint density at radius 2 is 2.10 bits per heavy atom. The predicted molar refractivity (Wildman–Crippen MR) is 85.0 cm³/mol. The number of hydrogen-bond acceptors (Lipinski definition) is 4. The molecule has 0 aliphatic heterocycles. The number of carbonyl (C=O) groups is 1. The first-order valence-electron chi connectivity index (χ1n) is 6.81. The van der Waals surface area contributed by atoms with E-state index in [9.17, 15) is 4.79 Å². The Hall–Kier alpha value is -1.62. The van der Waals surface area contributed by atoms with Crippen molar-refractivity contribution < 1.29 is 4.79 Å². The summed E-state index contributed by atoms with van der Waals surface area (Å²) >= 11 is 1.41. The molecule has 0 saturated carbocycles. The first-order valence-corrected chi connectivity index (χ1v) is 7.63. The summed E-state index contributed by atoms with van der Waals surface area (Å²) < 4.78 is 0.957. The van der Waals surface area contributed by atoms with Crippen molar-refractivity contribution in [3.8, 4) is 0 Å². The van der Waals surface area contributed by atoms with Gasteiger partial charge in [-0.2, -0.15) is 0 Å². The molecular formula is C15H21N3OS. The number of aromatic nitrogens is 1. The molecular weight excluding hydrogens is 270 g/mol. The van der Waals surface area contributed by atoms with Gasteiger partial charge in [-0.25, -0.2) is 4.98 Å². The monoisotopic (exact) mass is 291 g/mol. The number of rotatable bonds is 4. The van der Waals surface area contributed by atoms with E-state index in [0.717, 1.165) is 16.6 Å². The minimum absolute atomic E-state index is 0.0482. The standard InChI is InChI=1S/C15H21N3OS/c1-9(2)7-10(3)18(4)14(19)11-5-6-12-13(8-11)20-15(16)17-12/h5-6,8-10H,7H2,1-4H3,(H2,16,17). The van der Waals surface area contributed by atoms with Crippen molar-refractivity contribution >= 4 is 32.6 Å². The van der Waals surface area contributed by atoms with Crippen LogP contribution in [0.1, 0.15) is 37.6 Å². The van der Waals surface area contributed by atoms with Crippen LogP contribution in [0.3, 0.4) is 0 Å². The molecule has 0 aliphatic carbocycles. The first-order chi connectivity index (χ1) is 9.38. The third-order valence-corrected chi connectivity index (χ3v) is 4.29. The number of nitrogen functional groups attached to an aromatic ring is 1. The number of nitrogens with two attached hydrogens (primary N) is 1. The van der Waals surface area contributed by atoms with Gasteiger partial charge in [-0.15, -0.1) is 0 Å². The fourth-order valence-electron chi connectivity index (χ4n) is 2.32. The molecule has 0 saturated heterocycles. The SMILES string of the molecule is CC(C)CC(C)N(C)C(=O)c1ccc2nc(N)sc2c1. The Labute approximate surface area is 123 Å². The van der Waals surface area contributed by atoms with E-state index in [1.165, 1.54) is 11.3 Å². The fourth-order valence-corrected chi connectivity index (χ4v) is 3.09. The van der Waals surface area contributed by atoms with E-state index in [-0.39, 0.29) is 11.9 Å². The highest BCUT2D eigenvalue weighted by atomic mass is 32.1. The molecule has 0 fully saturated rings. The number of fused-ring (bicyclic) bond motifs is 1. The molecule has 0 spiro atoms. The molecule has 1 aromatic carbocycles. The van der Waals surface area contributed by atoms with E-state index < -0.39 is 0 Å². The van der Waals surface area contributed by atoms with Crippen LogP contribution in [0, 0.1) is 5.92 Å². The lowest BCUT2D eigenvalue weighted by molar-refractivity contribution is 0.0728. The summed E-state index contributed by atoms with van der Waals surface area (Å²) in [6.07, 6.45) is 0.998. The van der Waals surface area contributed by atoms with Crippen molar-refractivity contribution in [2.75, 3.05) is 12.8 Å². The Balaban J connectivity index is 2.21. The van der Waals surface area contributed by atoms with Crippen LogP contribution in [-0.2, 0) is 0 Å². The van der Waals surface area contributed by atoms with Crippen LogP contribution in [0.2, 0.25) is 0 Å². The van der Waals surface area contributed by atoms with E-state index >= 15 is 0 Å². The molecule has 2 rings (SSSR count). The molecule has 2 N–H and O–H groups in total. The van der Waals surface area contributed by atoms with Crippen LogP contribution in [0.4, 0.5) is 5.13 Å². The summed E-state index contributed by atoms with van der Waals surface area (Å²) in [7, 11) is 1.86. The molecule has 0 aliphatic rings. The third-order valence-electron chi connectivity index (χ3n) is 3.45. The van der Waals surface area contributed by atoms with Gasteiger partial charge in [0, 0.05) is 18.7 Å². The molecule has 1 heterocycles. The lowest BCUT2D eigenvalue weighted by atomic mass is 10.0. The first kappa shape index (κ1) is 14.8. The summed E-state index contributed by atoms with van der Waals surface area (Å²) in [5, 5.41) is 0.533. The van der Waals surface area contributed by atoms with Gasteiger partial charge in [-0.05, 0) is 37.5 Å². The molecule has 1 atom stereocenters. The van der Waals surface area contributed by atoms with E-state index in [0.29, 0.717) is 16.6 Å². The highest BCUT2D eigenvalue weighted by molar-refractivity contribution is 7.22. The zero-order valence-electron chi connectivity index (χ0n) is 12.4. The van der Waals surface area contributed by atoms with Crippen LogP contribution >= 0.6 is 11.3 Å². The second kappa shape index (κ2) is 5.79. The number of thiazole rings is 1. The van der Waals surface area contributed by atoms with Gasteiger partial charge in [0.15, 0.2) is 5.13 Å². The number of benzene rings is 1. The van der Waals surface area contributed by atoms with Crippen LogP contribution < -0.4 is 5.73 Å². The highest BCUT2D eigenvalue weighted by Gasteiger charge is 2.19. The predicted octanol–water partition coefficient (Wildman–Crippen LogP) is 3.39. The molecule has 1 amide bonds. The average molecular weight is 291 g/mol. The van der Waals surface area contributed by atoms with Gasteiger partial charge in [0.25, 0.3) is 5.91 Å². The van der Waals surface area contributed by atoms with Crippen molar-refractivity contribution in [2.24, 2.45) is 5.92 Å². The summed E-state index contributed by atoms with van der Waals surface area (Å²) in [5.41, 5.74) is 7.23. The summed E-state index contributed by atoms with van der Waals surface area (Å²) in [5.74, 6) is 0.621. The van der Waals surface area contributed by atoms with E-state index in [1.807, 2.05) is 30.1 Å². The van der Waals surface area contributed by atoms with Crippen LogP contribution in [0.25, 0.3) is 10.2 Å². The number of nitrogens with zero attached hydrogens (tertiary/aromatic N) is 2. The maximum atomic E-state index is 12.5. The molecule has 5 heteroatoms. The topological polar surface area (TPSA) is 59.2 Å². The van der Waals surface area contributed by atoms with Gasteiger partial charge in [0.2, 0.25) is 0 Å². The summed E-state index contributed by atoms with van der Waals surface area (Å²) in [4.78, 5) is 18.5. The molecule has 1 unspecified atom stereocenters. The van der Waals surface area contributed by atoms with Gasteiger partial charge in [-0.3, -0.25) is 4.79 Å². The normalized spacial score (nSPS) is 12.8. The van der Waals surface area contributed by atoms with Crippen LogP contribution in [-0.4, -0.2) is 28.9 Å². The molecule has 4 nitrogen and oxygen atoms in total. The maximum absolute atomic E-state index is 12.5. The average Bonchev–Trinajstić information content (AvgIpc) is 2.75.